The molecule has 0 saturated carbocycles. The number of hydrogen-bond acceptors (Lipinski definition) is 3. The minimum atomic E-state index is -0.493. The minimum Gasteiger partial charge on any atom is -0.444 e. The number of nitrogens with two attached hydrogens (primary N) is 1. The lowest BCUT2D eigenvalue weighted by atomic mass is 10.0. The predicted molar refractivity (Wildman–Crippen MR) is 77.1 cm³/mol. The van der Waals surface area contributed by atoms with Gasteiger partial charge in [0.1, 0.15) is 5.60 Å². The maximum absolute atomic E-state index is 11.7. The molecule has 1 aromatic carbocycles. The van der Waals surface area contributed by atoms with Crippen molar-refractivity contribution in [2.24, 2.45) is 5.73 Å². The summed E-state index contributed by atoms with van der Waals surface area (Å²) in [5.74, 6) is 0. The van der Waals surface area contributed by atoms with Crippen LogP contribution in [0.3, 0.4) is 0 Å². The van der Waals surface area contributed by atoms with E-state index in [1.54, 1.807) is 0 Å². The summed E-state index contributed by atoms with van der Waals surface area (Å²) < 4.78 is 5.22. The van der Waals surface area contributed by atoms with Crippen molar-refractivity contribution >= 4 is 6.09 Å². The van der Waals surface area contributed by atoms with Crippen LogP contribution in [-0.4, -0.2) is 24.3 Å². The number of aryl methyl sites for hydroxylation is 1. The van der Waals surface area contributed by atoms with Gasteiger partial charge in [0.15, 0.2) is 0 Å². The van der Waals surface area contributed by atoms with Crippen molar-refractivity contribution in [3.63, 3.8) is 0 Å². The summed E-state index contributed by atoms with van der Waals surface area (Å²) in [4.78, 5) is 11.7. The fraction of sp³-hybridized carbons (Fsp3) is 0.533. The molecular formula is C15H24N2O2. The Morgan fingerprint density at radius 3 is 2.37 bits per heavy atom. The lowest BCUT2D eigenvalue weighted by Gasteiger charge is -2.23. The molecule has 0 aliphatic rings. The molecule has 106 valence electrons. The van der Waals surface area contributed by atoms with E-state index in [0.717, 1.165) is 5.56 Å². The van der Waals surface area contributed by atoms with Gasteiger partial charge in [-0.25, -0.2) is 4.79 Å². The van der Waals surface area contributed by atoms with Gasteiger partial charge in [0.2, 0.25) is 0 Å². The Hall–Kier alpha value is -1.55. The average molecular weight is 264 g/mol. The van der Waals surface area contributed by atoms with E-state index in [1.807, 2.05) is 27.7 Å². The first-order chi connectivity index (χ1) is 8.80. The van der Waals surface area contributed by atoms with Gasteiger partial charge in [0.25, 0.3) is 0 Å². The van der Waals surface area contributed by atoms with Crippen molar-refractivity contribution in [1.82, 2.24) is 5.32 Å². The molecule has 1 aromatic rings. The zero-order valence-corrected chi connectivity index (χ0v) is 12.2. The van der Waals surface area contributed by atoms with E-state index in [0.29, 0.717) is 13.0 Å². The van der Waals surface area contributed by atoms with Gasteiger partial charge in [0, 0.05) is 12.6 Å². The van der Waals surface area contributed by atoms with Crippen LogP contribution in [0, 0.1) is 6.92 Å². The number of benzene rings is 1. The summed E-state index contributed by atoms with van der Waals surface area (Å²) >= 11 is 0. The fourth-order valence-corrected chi connectivity index (χ4v) is 1.68. The Morgan fingerprint density at radius 2 is 1.89 bits per heavy atom. The zero-order chi connectivity index (χ0) is 14.5. The van der Waals surface area contributed by atoms with Crippen LogP contribution in [0.4, 0.5) is 4.79 Å². The topological polar surface area (TPSA) is 64.3 Å². The third-order valence-corrected chi connectivity index (χ3v) is 2.61. The molecule has 0 aliphatic heterocycles. The smallest absolute Gasteiger partial charge is 0.407 e. The first-order valence-corrected chi connectivity index (χ1v) is 6.55. The van der Waals surface area contributed by atoms with Crippen molar-refractivity contribution in [3.8, 4) is 0 Å². The molecule has 0 unspecified atom stereocenters. The Labute approximate surface area is 115 Å². The van der Waals surface area contributed by atoms with Crippen molar-refractivity contribution < 1.29 is 9.53 Å². The summed E-state index contributed by atoms with van der Waals surface area (Å²) in [6.07, 6.45) is 0.283. The summed E-state index contributed by atoms with van der Waals surface area (Å²) in [6, 6.07) is 8.09. The molecule has 0 heterocycles. The van der Waals surface area contributed by atoms with E-state index in [9.17, 15) is 4.79 Å². The molecule has 1 rings (SSSR count). The van der Waals surface area contributed by atoms with Crippen molar-refractivity contribution in [3.05, 3.63) is 35.4 Å². The molecule has 1 amide bonds. The predicted octanol–water partition coefficient (Wildman–Crippen LogP) is 2.39. The third-order valence-electron chi connectivity index (χ3n) is 2.61. The van der Waals surface area contributed by atoms with Gasteiger partial charge in [-0.2, -0.15) is 0 Å². The fourth-order valence-electron chi connectivity index (χ4n) is 1.68. The number of hydrogen-bond donors (Lipinski definition) is 2. The lowest BCUT2D eigenvalue weighted by Crippen LogP contribution is -2.44. The summed E-state index contributed by atoms with van der Waals surface area (Å²) in [6.45, 7) is 7.94. The molecule has 19 heavy (non-hydrogen) atoms. The van der Waals surface area contributed by atoms with Crippen LogP contribution < -0.4 is 11.1 Å². The van der Waals surface area contributed by atoms with Gasteiger partial charge < -0.3 is 15.8 Å². The van der Waals surface area contributed by atoms with Crippen LogP contribution in [0.2, 0.25) is 0 Å². The molecule has 1 atom stereocenters. The Bertz CT molecular complexity index is 407. The number of amides is 1. The van der Waals surface area contributed by atoms with Gasteiger partial charge in [-0.3, -0.25) is 0 Å². The second kappa shape index (κ2) is 6.57. The zero-order valence-electron chi connectivity index (χ0n) is 12.2. The average Bonchev–Trinajstić information content (AvgIpc) is 2.28. The highest BCUT2D eigenvalue weighted by molar-refractivity contribution is 5.68. The second-order valence-electron chi connectivity index (χ2n) is 5.77. The maximum Gasteiger partial charge on any atom is 0.407 e. The van der Waals surface area contributed by atoms with E-state index in [-0.39, 0.29) is 6.04 Å². The largest absolute Gasteiger partial charge is 0.444 e. The van der Waals surface area contributed by atoms with E-state index in [2.05, 4.69) is 29.6 Å². The van der Waals surface area contributed by atoms with Crippen molar-refractivity contribution in [2.45, 2.75) is 45.8 Å². The Balaban J connectivity index is 2.54. The molecule has 0 bridgehead atoms. The van der Waals surface area contributed by atoms with Crippen LogP contribution in [0.15, 0.2) is 24.3 Å². The number of carbonyl (C=O) groups is 1. The second-order valence-corrected chi connectivity index (χ2v) is 5.77. The molecule has 0 fully saturated rings. The maximum atomic E-state index is 11.7. The van der Waals surface area contributed by atoms with Crippen LogP contribution in [0.5, 0.6) is 0 Å². The molecule has 0 aromatic heterocycles. The first kappa shape index (κ1) is 15.5. The van der Waals surface area contributed by atoms with Gasteiger partial charge in [-0.05, 0) is 39.7 Å². The lowest BCUT2D eigenvalue weighted by molar-refractivity contribution is 0.0506. The molecule has 0 radical (unpaired) electrons. The number of ether oxygens (including phenoxy) is 1. The highest BCUT2D eigenvalue weighted by Gasteiger charge is 2.18. The highest BCUT2D eigenvalue weighted by atomic mass is 16.6. The molecule has 0 saturated heterocycles. The van der Waals surface area contributed by atoms with Crippen LogP contribution in [0.25, 0.3) is 0 Å². The van der Waals surface area contributed by atoms with Crippen molar-refractivity contribution in [2.75, 3.05) is 6.54 Å². The van der Waals surface area contributed by atoms with E-state index in [1.165, 1.54) is 5.56 Å². The van der Waals surface area contributed by atoms with Crippen LogP contribution in [-0.2, 0) is 11.2 Å². The minimum absolute atomic E-state index is 0.113. The molecular weight excluding hydrogens is 240 g/mol. The standard InChI is InChI=1S/C15H24N2O2/c1-11-5-7-12(8-6-11)9-13(10-16)17-14(18)19-15(2,3)4/h5-8,13H,9-10,16H2,1-4H3,(H,17,18)/t13-/m1/s1. The van der Waals surface area contributed by atoms with Crippen molar-refractivity contribution in [1.29, 1.82) is 0 Å². The SMILES string of the molecule is Cc1ccc(C[C@H](CN)NC(=O)OC(C)(C)C)cc1. The monoisotopic (exact) mass is 264 g/mol. The summed E-state index contributed by atoms with van der Waals surface area (Å²) in [5.41, 5.74) is 7.57. The Morgan fingerprint density at radius 1 is 1.32 bits per heavy atom. The third kappa shape index (κ3) is 6.25. The van der Waals surface area contributed by atoms with E-state index < -0.39 is 11.7 Å². The summed E-state index contributed by atoms with van der Waals surface area (Å²) in [7, 11) is 0. The molecule has 3 N–H and O–H groups in total. The number of carbonyl (C=O) groups excluding carboxylic acids is 1. The quantitative estimate of drug-likeness (QED) is 0.877. The van der Waals surface area contributed by atoms with Gasteiger partial charge in [-0.15, -0.1) is 0 Å². The number of nitrogens with one attached hydrogen (secondary N) is 1. The highest BCUT2D eigenvalue weighted by Crippen LogP contribution is 2.09. The van der Waals surface area contributed by atoms with Gasteiger partial charge in [0.05, 0.1) is 0 Å². The number of rotatable bonds is 4. The van der Waals surface area contributed by atoms with Crippen LogP contribution in [0.1, 0.15) is 31.9 Å². The molecule has 4 nitrogen and oxygen atoms in total. The number of alkyl carbamates (subject to hydrolysis) is 1. The van der Waals surface area contributed by atoms with Gasteiger partial charge in [-0.1, -0.05) is 29.8 Å². The normalized spacial score (nSPS) is 12.9. The molecule has 0 spiro atoms. The molecule has 4 heteroatoms. The van der Waals surface area contributed by atoms with Crippen LogP contribution >= 0.6 is 0 Å². The summed E-state index contributed by atoms with van der Waals surface area (Å²) in [5, 5.41) is 2.80. The molecule has 0 aliphatic carbocycles. The van der Waals surface area contributed by atoms with E-state index in [4.69, 9.17) is 10.5 Å². The Kier molecular flexibility index (Phi) is 5.36. The van der Waals surface area contributed by atoms with E-state index >= 15 is 0 Å². The first-order valence-electron chi connectivity index (χ1n) is 6.55. The van der Waals surface area contributed by atoms with Gasteiger partial charge >= 0.3 is 6.09 Å².